The first-order valence-electron chi connectivity index (χ1n) is 3.18. The fraction of sp³-hybridized carbons (Fsp3) is 0.833. The third kappa shape index (κ3) is 3.08. The van der Waals surface area contributed by atoms with Crippen LogP contribution in [-0.2, 0) is 4.79 Å². The molecular formula is C6H14N2OS. The molecule has 0 fully saturated rings. The van der Waals surface area contributed by atoms with Gasteiger partial charge in [-0.25, -0.2) is 0 Å². The summed E-state index contributed by atoms with van der Waals surface area (Å²) < 4.78 is 0. The number of amides is 1. The van der Waals surface area contributed by atoms with E-state index in [1.54, 1.807) is 19.0 Å². The van der Waals surface area contributed by atoms with Gasteiger partial charge in [0, 0.05) is 7.05 Å². The van der Waals surface area contributed by atoms with Crippen LogP contribution in [0.2, 0.25) is 0 Å². The van der Waals surface area contributed by atoms with Crippen molar-refractivity contribution in [2.24, 2.45) is 0 Å². The second-order valence-corrected chi connectivity index (χ2v) is 2.91. The molecule has 0 aliphatic heterocycles. The van der Waals surface area contributed by atoms with Crippen LogP contribution >= 0.6 is 12.6 Å². The maximum atomic E-state index is 11.0. The first-order chi connectivity index (χ1) is 4.59. The van der Waals surface area contributed by atoms with Gasteiger partial charge in [-0.1, -0.05) is 0 Å². The number of likely N-dealkylation sites (N-methyl/N-ethyl adjacent to an activating group) is 2. The van der Waals surface area contributed by atoms with Gasteiger partial charge in [0.15, 0.2) is 0 Å². The van der Waals surface area contributed by atoms with Crippen LogP contribution in [0.5, 0.6) is 0 Å². The summed E-state index contributed by atoms with van der Waals surface area (Å²) in [5, 5.41) is 2.76. The second-order valence-electron chi connectivity index (χ2n) is 2.17. The minimum atomic E-state index is -0.0131. The summed E-state index contributed by atoms with van der Waals surface area (Å²) in [6.45, 7) is 2.23. The van der Waals surface area contributed by atoms with Gasteiger partial charge in [0.25, 0.3) is 0 Å². The molecule has 0 saturated heterocycles. The van der Waals surface area contributed by atoms with Crippen LogP contribution in [0.1, 0.15) is 6.92 Å². The molecule has 0 heterocycles. The predicted octanol–water partition coefficient (Wildman–Crippen LogP) is -0.0600. The van der Waals surface area contributed by atoms with Crippen molar-refractivity contribution in [3.63, 3.8) is 0 Å². The maximum Gasteiger partial charge on any atom is 0.237 e. The quantitative estimate of drug-likeness (QED) is 0.450. The van der Waals surface area contributed by atoms with Crippen molar-refractivity contribution in [2.75, 3.05) is 20.6 Å². The van der Waals surface area contributed by atoms with E-state index in [4.69, 9.17) is 0 Å². The zero-order chi connectivity index (χ0) is 8.15. The van der Waals surface area contributed by atoms with E-state index in [1.165, 1.54) is 0 Å². The Morgan fingerprint density at radius 1 is 1.80 bits per heavy atom. The highest BCUT2D eigenvalue weighted by Gasteiger charge is 2.09. The molecular weight excluding hydrogens is 148 g/mol. The fourth-order valence-electron chi connectivity index (χ4n) is 0.484. The lowest BCUT2D eigenvalue weighted by molar-refractivity contribution is -0.129. The summed E-state index contributed by atoms with van der Waals surface area (Å²) >= 11 is 4.10. The molecule has 0 aromatic rings. The molecule has 0 spiro atoms. The minimum Gasteiger partial charge on any atom is -0.333 e. The number of hydrogen-bond acceptors (Lipinski definition) is 3. The number of carbonyl (C=O) groups excluding carboxylic acids is 1. The van der Waals surface area contributed by atoms with Gasteiger partial charge in [0.2, 0.25) is 5.91 Å². The summed E-state index contributed by atoms with van der Waals surface area (Å²) in [5.41, 5.74) is 0. The Hall–Kier alpha value is -0.220. The SMILES string of the molecule is CNCC(=O)N(C)C(C)S. The molecule has 0 rings (SSSR count). The molecule has 1 atom stereocenters. The minimum absolute atomic E-state index is 0.0131. The topological polar surface area (TPSA) is 32.3 Å². The third-order valence-corrected chi connectivity index (χ3v) is 1.63. The Bertz CT molecular complexity index is 116. The van der Waals surface area contributed by atoms with Crippen molar-refractivity contribution in [3.05, 3.63) is 0 Å². The Morgan fingerprint density at radius 2 is 2.30 bits per heavy atom. The molecule has 0 radical (unpaired) electrons. The van der Waals surface area contributed by atoms with Crippen LogP contribution < -0.4 is 5.32 Å². The predicted molar refractivity (Wildman–Crippen MR) is 45.1 cm³/mol. The normalized spacial score (nSPS) is 12.8. The van der Waals surface area contributed by atoms with Crippen molar-refractivity contribution in [3.8, 4) is 0 Å². The first-order valence-corrected chi connectivity index (χ1v) is 3.69. The Balaban J connectivity index is 3.71. The molecule has 1 amide bonds. The molecule has 0 bridgehead atoms. The van der Waals surface area contributed by atoms with Crippen LogP contribution in [0, 0.1) is 0 Å². The smallest absolute Gasteiger partial charge is 0.237 e. The number of nitrogens with one attached hydrogen (secondary N) is 1. The van der Waals surface area contributed by atoms with E-state index in [-0.39, 0.29) is 11.3 Å². The summed E-state index contributed by atoms with van der Waals surface area (Å²) in [4.78, 5) is 12.6. The Kier molecular flexibility index (Phi) is 4.47. The van der Waals surface area contributed by atoms with Gasteiger partial charge >= 0.3 is 0 Å². The standard InChI is InChI=1S/C6H14N2OS/c1-5(10)8(3)6(9)4-7-2/h5,7,10H,4H2,1-3H3. The zero-order valence-electron chi connectivity index (χ0n) is 6.59. The van der Waals surface area contributed by atoms with Gasteiger partial charge < -0.3 is 10.2 Å². The lowest BCUT2D eigenvalue weighted by Crippen LogP contribution is -2.37. The van der Waals surface area contributed by atoms with E-state index in [2.05, 4.69) is 17.9 Å². The van der Waals surface area contributed by atoms with Crippen LogP contribution in [0.25, 0.3) is 0 Å². The summed E-state index contributed by atoms with van der Waals surface area (Å²) in [5.74, 6) is 0.0602. The van der Waals surface area contributed by atoms with Crippen LogP contribution in [0.15, 0.2) is 0 Å². The molecule has 0 saturated carbocycles. The molecule has 4 heteroatoms. The van der Waals surface area contributed by atoms with Crippen molar-refractivity contribution in [2.45, 2.75) is 12.3 Å². The highest BCUT2D eigenvalue weighted by atomic mass is 32.1. The van der Waals surface area contributed by atoms with E-state index in [1.807, 2.05) is 6.92 Å². The third-order valence-electron chi connectivity index (χ3n) is 1.28. The van der Waals surface area contributed by atoms with Gasteiger partial charge in [-0.2, -0.15) is 12.6 Å². The highest BCUT2D eigenvalue weighted by Crippen LogP contribution is 1.98. The fourth-order valence-corrected chi connectivity index (χ4v) is 0.613. The van der Waals surface area contributed by atoms with Crippen molar-refractivity contribution in [1.29, 1.82) is 0 Å². The van der Waals surface area contributed by atoms with E-state index < -0.39 is 0 Å². The largest absolute Gasteiger partial charge is 0.333 e. The zero-order valence-corrected chi connectivity index (χ0v) is 7.48. The van der Waals surface area contributed by atoms with Gasteiger partial charge in [0.1, 0.15) is 0 Å². The molecule has 60 valence electrons. The van der Waals surface area contributed by atoms with Gasteiger partial charge in [-0.15, -0.1) is 0 Å². The summed E-state index contributed by atoms with van der Waals surface area (Å²) in [6, 6.07) is 0. The van der Waals surface area contributed by atoms with E-state index in [0.717, 1.165) is 0 Å². The van der Waals surface area contributed by atoms with E-state index in [0.29, 0.717) is 6.54 Å². The molecule has 0 aromatic heterocycles. The van der Waals surface area contributed by atoms with Crippen LogP contribution in [0.4, 0.5) is 0 Å². The molecule has 1 N–H and O–H groups in total. The van der Waals surface area contributed by atoms with Crippen LogP contribution in [0.3, 0.4) is 0 Å². The number of hydrogen-bond donors (Lipinski definition) is 2. The highest BCUT2D eigenvalue weighted by molar-refractivity contribution is 7.80. The van der Waals surface area contributed by atoms with Gasteiger partial charge in [-0.3, -0.25) is 4.79 Å². The van der Waals surface area contributed by atoms with Gasteiger partial charge in [-0.05, 0) is 14.0 Å². The van der Waals surface area contributed by atoms with E-state index >= 15 is 0 Å². The lowest BCUT2D eigenvalue weighted by atomic mass is 10.5. The molecule has 1 unspecified atom stereocenters. The van der Waals surface area contributed by atoms with Gasteiger partial charge in [0.05, 0.1) is 11.9 Å². The Morgan fingerprint density at radius 3 is 2.60 bits per heavy atom. The average molecular weight is 162 g/mol. The number of carbonyl (C=O) groups is 1. The average Bonchev–Trinajstić information content (AvgIpc) is 1.87. The van der Waals surface area contributed by atoms with Crippen LogP contribution in [-0.4, -0.2) is 36.8 Å². The van der Waals surface area contributed by atoms with Crippen molar-refractivity contribution >= 4 is 18.5 Å². The summed E-state index contributed by atoms with van der Waals surface area (Å²) in [6.07, 6.45) is 0. The lowest BCUT2D eigenvalue weighted by Gasteiger charge is -2.20. The van der Waals surface area contributed by atoms with Crippen molar-refractivity contribution in [1.82, 2.24) is 10.2 Å². The molecule has 3 nitrogen and oxygen atoms in total. The molecule has 10 heavy (non-hydrogen) atoms. The first kappa shape index (κ1) is 9.78. The summed E-state index contributed by atoms with van der Waals surface area (Å²) in [7, 11) is 3.48. The molecule has 0 aliphatic carbocycles. The maximum absolute atomic E-state index is 11.0. The monoisotopic (exact) mass is 162 g/mol. The number of rotatable bonds is 3. The Labute approximate surface area is 67.2 Å². The molecule has 0 aliphatic rings. The second kappa shape index (κ2) is 4.57. The molecule has 0 aromatic carbocycles. The number of nitrogens with zero attached hydrogens (tertiary/aromatic N) is 1. The van der Waals surface area contributed by atoms with E-state index in [9.17, 15) is 4.79 Å². The van der Waals surface area contributed by atoms with Crippen molar-refractivity contribution < 1.29 is 4.79 Å². The number of thiol groups is 1.